The van der Waals surface area contributed by atoms with Crippen molar-refractivity contribution in [3.63, 3.8) is 0 Å². The Hall–Kier alpha value is -1.30. The first-order valence-electron chi connectivity index (χ1n) is 6.89. The van der Waals surface area contributed by atoms with E-state index < -0.39 is 0 Å². The van der Waals surface area contributed by atoms with Crippen molar-refractivity contribution in [1.29, 1.82) is 0 Å². The van der Waals surface area contributed by atoms with E-state index in [-0.39, 0.29) is 17.2 Å². The normalized spacial score (nSPS) is 24.4. The molecule has 3 nitrogen and oxygen atoms in total. The Bertz CT molecular complexity index is 684. The van der Waals surface area contributed by atoms with E-state index >= 15 is 0 Å². The topological polar surface area (TPSA) is 32.3 Å². The van der Waals surface area contributed by atoms with Gasteiger partial charge >= 0.3 is 0 Å². The number of thioether (sulfide) groups is 1. The number of benzene rings is 1. The molecule has 1 saturated heterocycles. The van der Waals surface area contributed by atoms with Gasteiger partial charge in [0.1, 0.15) is 0 Å². The number of hydrogen-bond donors (Lipinski definition) is 1. The fourth-order valence-corrected chi connectivity index (χ4v) is 4.64. The maximum absolute atomic E-state index is 12.9. The first kappa shape index (κ1) is 15.6. The smallest absolute Gasteiger partial charge is 0.239 e. The maximum atomic E-state index is 12.9. The summed E-state index contributed by atoms with van der Waals surface area (Å²) in [5.41, 5.74) is 2.09. The lowest BCUT2D eigenvalue weighted by Gasteiger charge is -2.36. The molecule has 22 heavy (non-hydrogen) atoms. The van der Waals surface area contributed by atoms with Crippen molar-refractivity contribution in [2.24, 2.45) is 5.92 Å². The van der Waals surface area contributed by atoms with E-state index in [1.807, 2.05) is 31.2 Å². The summed E-state index contributed by atoms with van der Waals surface area (Å²) in [7, 11) is 0. The molecule has 1 aromatic rings. The molecule has 0 radical (unpaired) electrons. The predicted molar refractivity (Wildman–Crippen MR) is 96.6 cm³/mol. The number of nitrogens with one attached hydrogen (secondary N) is 1. The number of amides is 1. The second kappa shape index (κ2) is 6.07. The van der Waals surface area contributed by atoms with E-state index in [1.54, 1.807) is 22.7 Å². The number of allylic oxidation sites excluding steroid dienone is 1. The fourth-order valence-electron chi connectivity index (χ4n) is 2.84. The Morgan fingerprint density at radius 1 is 1.45 bits per heavy atom. The molecule has 0 bridgehead atoms. The number of nitrogens with zero attached hydrogens (tertiary/aromatic N) is 1. The minimum atomic E-state index is -0.238. The van der Waals surface area contributed by atoms with Crippen molar-refractivity contribution in [3.8, 4) is 0 Å². The van der Waals surface area contributed by atoms with Crippen LogP contribution in [0.25, 0.3) is 5.57 Å². The van der Waals surface area contributed by atoms with Crippen molar-refractivity contribution >= 4 is 52.2 Å². The van der Waals surface area contributed by atoms with Crippen molar-refractivity contribution in [2.45, 2.75) is 12.3 Å². The number of carbonyl (C=O) groups excluding carboxylic acids is 1. The van der Waals surface area contributed by atoms with Crippen LogP contribution in [0.4, 0.5) is 0 Å². The molecule has 2 atom stereocenters. The molecule has 1 N–H and O–H groups in total. The van der Waals surface area contributed by atoms with Gasteiger partial charge in [0.05, 0.1) is 11.3 Å². The largest absolute Gasteiger partial charge is 0.349 e. The standard InChI is InChI=1S/C16H15ClN2OS2/c1-3-8-19-15(20)13-12(10-4-6-11(17)7-5-10)9(2)22-14(13)18-16(19)21/h3-7,13-14H,1,8H2,2H3,(H,18,21). The number of thiocarbonyl (C=S) groups is 1. The van der Waals surface area contributed by atoms with Crippen LogP contribution < -0.4 is 5.32 Å². The zero-order valence-electron chi connectivity index (χ0n) is 12.0. The Kier molecular flexibility index (Phi) is 4.30. The van der Waals surface area contributed by atoms with E-state index in [1.165, 1.54) is 0 Å². The third kappa shape index (κ3) is 2.57. The minimum Gasteiger partial charge on any atom is -0.349 e. The van der Waals surface area contributed by atoms with Crippen LogP contribution in [0.2, 0.25) is 5.02 Å². The summed E-state index contributed by atoms with van der Waals surface area (Å²) in [6.45, 7) is 6.16. The highest BCUT2D eigenvalue weighted by molar-refractivity contribution is 8.04. The number of fused-ring (bicyclic) bond motifs is 1. The molecule has 0 aromatic heterocycles. The highest BCUT2D eigenvalue weighted by atomic mass is 35.5. The number of hydrogen-bond acceptors (Lipinski definition) is 3. The summed E-state index contributed by atoms with van der Waals surface area (Å²) in [5.74, 6) is -0.208. The van der Waals surface area contributed by atoms with Crippen LogP contribution in [0, 0.1) is 5.92 Å². The lowest BCUT2D eigenvalue weighted by molar-refractivity contribution is -0.130. The van der Waals surface area contributed by atoms with Gasteiger partial charge in [-0.3, -0.25) is 9.69 Å². The van der Waals surface area contributed by atoms with E-state index in [2.05, 4.69) is 11.9 Å². The maximum Gasteiger partial charge on any atom is 0.239 e. The Labute approximate surface area is 144 Å². The van der Waals surface area contributed by atoms with Crippen molar-refractivity contribution in [2.75, 3.05) is 6.54 Å². The molecule has 1 aromatic carbocycles. The summed E-state index contributed by atoms with van der Waals surface area (Å²) >= 11 is 12.9. The van der Waals surface area contributed by atoms with Crippen molar-refractivity contribution in [1.82, 2.24) is 10.2 Å². The van der Waals surface area contributed by atoms with E-state index in [0.29, 0.717) is 16.7 Å². The molecule has 2 aliphatic heterocycles. The summed E-state index contributed by atoms with van der Waals surface area (Å²) in [4.78, 5) is 15.6. The molecular formula is C16H15ClN2OS2. The van der Waals surface area contributed by atoms with Crippen LogP contribution in [0.15, 0.2) is 41.8 Å². The Balaban J connectivity index is 1.99. The zero-order chi connectivity index (χ0) is 15.9. The monoisotopic (exact) mass is 350 g/mol. The van der Waals surface area contributed by atoms with Gasteiger partial charge in [0.15, 0.2) is 5.11 Å². The van der Waals surface area contributed by atoms with Gasteiger partial charge < -0.3 is 5.32 Å². The third-order valence-corrected chi connectivity index (χ3v) is 5.61. The van der Waals surface area contributed by atoms with Gasteiger partial charge in [-0.2, -0.15) is 0 Å². The molecule has 0 aliphatic carbocycles. The van der Waals surface area contributed by atoms with Crippen LogP contribution in [0.1, 0.15) is 12.5 Å². The third-order valence-electron chi connectivity index (χ3n) is 3.81. The van der Waals surface area contributed by atoms with Crippen LogP contribution in [0.5, 0.6) is 0 Å². The van der Waals surface area contributed by atoms with E-state index in [4.69, 9.17) is 23.8 Å². The Morgan fingerprint density at radius 2 is 2.14 bits per heavy atom. The first-order chi connectivity index (χ1) is 10.5. The van der Waals surface area contributed by atoms with Crippen LogP contribution in [-0.2, 0) is 4.79 Å². The SMILES string of the molecule is C=CCN1C(=O)C2C(c3ccc(Cl)cc3)=C(C)SC2NC1=S. The second-order valence-electron chi connectivity index (χ2n) is 5.18. The Morgan fingerprint density at radius 3 is 2.77 bits per heavy atom. The molecule has 6 heteroatoms. The quantitative estimate of drug-likeness (QED) is 0.666. The predicted octanol–water partition coefficient (Wildman–Crippen LogP) is 3.66. The molecular weight excluding hydrogens is 336 g/mol. The summed E-state index contributed by atoms with van der Waals surface area (Å²) < 4.78 is 0. The molecule has 3 rings (SSSR count). The van der Waals surface area contributed by atoms with Crippen LogP contribution in [0.3, 0.4) is 0 Å². The van der Waals surface area contributed by atoms with E-state index in [9.17, 15) is 4.79 Å². The number of rotatable bonds is 3. The van der Waals surface area contributed by atoms with Gasteiger partial charge in [0.25, 0.3) is 0 Å². The van der Waals surface area contributed by atoms with Crippen molar-refractivity contribution < 1.29 is 4.79 Å². The molecule has 2 unspecified atom stereocenters. The van der Waals surface area contributed by atoms with Crippen LogP contribution in [-0.4, -0.2) is 27.8 Å². The highest BCUT2D eigenvalue weighted by Gasteiger charge is 2.46. The average Bonchev–Trinajstić information content (AvgIpc) is 2.80. The molecule has 2 aliphatic rings. The van der Waals surface area contributed by atoms with E-state index in [0.717, 1.165) is 16.0 Å². The summed E-state index contributed by atoms with van der Waals surface area (Å²) in [6.07, 6.45) is 1.69. The zero-order valence-corrected chi connectivity index (χ0v) is 14.4. The average molecular weight is 351 g/mol. The lowest BCUT2D eigenvalue weighted by Crippen LogP contribution is -2.57. The molecule has 0 spiro atoms. The molecule has 114 valence electrons. The number of halogens is 1. The van der Waals surface area contributed by atoms with Gasteiger partial charge in [-0.05, 0) is 47.3 Å². The first-order valence-corrected chi connectivity index (χ1v) is 8.55. The van der Waals surface area contributed by atoms with Gasteiger partial charge in [-0.15, -0.1) is 18.3 Å². The van der Waals surface area contributed by atoms with Gasteiger partial charge in [0, 0.05) is 11.6 Å². The van der Waals surface area contributed by atoms with Gasteiger partial charge in [-0.1, -0.05) is 29.8 Å². The van der Waals surface area contributed by atoms with Gasteiger partial charge in [-0.25, -0.2) is 0 Å². The summed E-state index contributed by atoms with van der Waals surface area (Å²) in [5, 5.41) is 4.40. The minimum absolute atomic E-state index is 0.0305. The fraction of sp³-hybridized carbons (Fsp3) is 0.250. The van der Waals surface area contributed by atoms with Crippen LogP contribution >= 0.6 is 35.6 Å². The second-order valence-corrected chi connectivity index (χ2v) is 7.36. The molecule has 1 amide bonds. The van der Waals surface area contributed by atoms with Crippen molar-refractivity contribution in [3.05, 3.63) is 52.4 Å². The van der Waals surface area contributed by atoms with Gasteiger partial charge in [0.2, 0.25) is 5.91 Å². The summed E-state index contributed by atoms with van der Waals surface area (Å²) in [6, 6.07) is 7.62. The molecule has 1 fully saturated rings. The molecule has 0 saturated carbocycles. The molecule has 2 heterocycles. The number of carbonyl (C=O) groups is 1. The highest BCUT2D eigenvalue weighted by Crippen LogP contribution is 2.47. The lowest BCUT2D eigenvalue weighted by atomic mass is 9.90.